The van der Waals surface area contributed by atoms with Gasteiger partial charge < -0.3 is 10.1 Å². The maximum absolute atomic E-state index is 6.00. The number of benzene rings is 1. The molecular formula is C17H21ClN2O. The molecule has 21 heavy (non-hydrogen) atoms. The van der Waals surface area contributed by atoms with Gasteiger partial charge in [-0.15, -0.1) is 0 Å². The van der Waals surface area contributed by atoms with Gasteiger partial charge in [0.25, 0.3) is 0 Å². The first-order chi connectivity index (χ1) is 10.0. The zero-order valence-electron chi connectivity index (χ0n) is 12.7. The second kappa shape index (κ2) is 7.43. The molecule has 0 atom stereocenters. The molecule has 0 aliphatic carbocycles. The summed E-state index contributed by atoms with van der Waals surface area (Å²) in [5, 5.41) is 4.11. The van der Waals surface area contributed by atoms with Gasteiger partial charge in [-0.1, -0.05) is 31.5 Å². The minimum Gasteiger partial charge on any atom is -0.487 e. The van der Waals surface area contributed by atoms with Crippen LogP contribution in [0.15, 0.2) is 36.4 Å². The van der Waals surface area contributed by atoms with Gasteiger partial charge in [-0.2, -0.15) is 0 Å². The van der Waals surface area contributed by atoms with Gasteiger partial charge in [0.2, 0.25) is 0 Å². The lowest BCUT2D eigenvalue weighted by molar-refractivity contribution is 0.300. The first-order valence-electron chi connectivity index (χ1n) is 7.12. The van der Waals surface area contributed by atoms with Crippen molar-refractivity contribution in [2.24, 2.45) is 0 Å². The predicted octanol–water partition coefficient (Wildman–Crippen LogP) is 4.12. The molecule has 1 aromatic heterocycles. The van der Waals surface area contributed by atoms with Gasteiger partial charge in [-0.25, -0.2) is 0 Å². The van der Waals surface area contributed by atoms with Gasteiger partial charge in [-0.3, -0.25) is 4.98 Å². The highest BCUT2D eigenvalue weighted by Crippen LogP contribution is 2.21. The molecule has 2 aromatic rings. The molecule has 1 aromatic carbocycles. The van der Waals surface area contributed by atoms with E-state index in [2.05, 4.69) is 24.1 Å². The van der Waals surface area contributed by atoms with E-state index in [9.17, 15) is 0 Å². The molecule has 0 spiro atoms. The lowest BCUT2D eigenvalue weighted by atomic mass is 10.2. The van der Waals surface area contributed by atoms with Crippen LogP contribution in [0.25, 0.3) is 0 Å². The Morgan fingerprint density at radius 3 is 2.67 bits per heavy atom. The Hall–Kier alpha value is -1.58. The van der Waals surface area contributed by atoms with E-state index >= 15 is 0 Å². The second-order valence-corrected chi connectivity index (χ2v) is 5.76. The van der Waals surface area contributed by atoms with Gasteiger partial charge >= 0.3 is 0 Å². The lowest BCUT2D eigenvalue weighted by Gasteiger charge is -2.10. The Bertz CT molecular complexity index is 599. The molecule has 0 unspecified atom stereocenters. The van der Waals surface area contributed by atoms with Crippen molar-refractivity contribution in [3.05, 3.63) is 58.4 Å². The number of aryl methyl sites for hydroxylation is 1. The second-order valence-electron chi connectivity index (χ2n) is 5.36. The summed E-state index contributed by atoms with van der Waals surface area (Å²) in [5.74, 6) is 0.810. The molecule has 0 saturated carbocycles. The summed E-state index contributed by atoms with van der Waals surface area (Å²) in [4.78, 5) is 4.59. The monoisotopic (exact) mass is 304 g/mol. The van der Waals surface area contributed by atoms with Crippen molar-refractivity contribution in [1.82, 2.24) is 10.3 Å². The minimum absolute atomic E-state index is 0.448. The molecule has 0 aliphatic heterocycles. The molecule has 0 radical (unpaired) electrons. The molecule has 112 valence electrons. The van der Waals surface area contributed by atoms with Gasteiger partial charge in [0.1, 0.15) is 12.4 Å². The van der Waals surface area contributed by atoms with E-state index in [0.29, 0.717) is 12.6 Å². The average molecular weight is 305 g/mol. The largest absolute Gasteiger partial charge is 0.487 e. The van der Waals surface area contributed by atoms with Crippen LogP contribution in [0.4, 0.5) is 0 Å². The quantitative estimate of drug-likeness (QED) is 0.871. The van der Waals surface area contributed by atoms with E-state index < -0.39 is 0 Å². The first kappa shape index (κ1) is 15.8. The third-order valence-electron chi connectivity index (χ3n) is 3.07. The van der Waals surface area contributed by atoms with E-state index in [1.807, 2.05) is 43.3 Å². The standard InChI is InChI=1S/C17H21ClN2O/c1-12(2)19-10-14-5-4-6-15(20-14)11-21-16-7-8-17(18)13(3)9-16/h4-9,12,19H,10-11H2,1-3H3. The van der Waals surface area contributed by atoms with E-state index in [1.165, 1.54) is 0 Å². The van der Waals surface area contributed by atoms with Crippen molar-refractivity contribution >= 4 is 11.6 Å². The van der Waals surface area contributed by atoms with E-state index in [1.54, 1.807) is 0 Å². The van der Waals surface area contributed by atoms with Crippen molar-refractivity contribution in [3.63, 3.8) is 0 Å². The van der Waals surface area contributed by atoms with E-state index in [4.69, 9.17) is 16.3 Å². The lowest BCUT2D eigenvalue weighted by Crippen LogP contribution is -2.22. The minimum atomic E-state index is 0.448. The zero-order valence-corrected chi connectivity index (χ0v) is 13.4. The Labute approximate surface area is 131 Å². The SMILES string of the molecule is Cc1cc(OCc2cccc(CNC(C)C)n2)ccc1Cl. The van der Waals surface area contributed by atoms with Crippen molar-refractivity contribution in [1.29, 1.82) is 0 Å². The highest BCUT2D eigenvalue weighted by Gasteiger charge is 2.02. The number of rotatable bonds is 6. The summed E-state index contributed by atoms with van der Waals surface area (Å²) < 4.78 is 5.77. The predicted molar refractivity (Wildman–Crippen MR) is 86.7 cm³/mol. The van der Waals surface area contributed by atoms with Gasteiger partial charge in [0.15, 0.2) is 0 Å². The first-order valence-corrected chi connectivity index (χ1v) is 7.49. The van der Waals surface area contributed by atoms with Crippen molar-refractivity contribution in [3.8, 4) is 5.75 Å². The van der Waals surface area contributed by atoms with Crippen molar-refractivity contribution < 1.29 is 4.74 Å². The summed E-state index contributed by atoms with van der Waals surface area (Å²) in [6, 6.07) is 12.1. The van der Waals surface area contributed by atoms with Crippen LogP contribution in [0.5, 0.6) is 5.75 Å². The fraction of sp³-hybridized carbons (Fsp3) is 0.353. The highest BCUT2D eigenvalue weighted by molar-refractivity contribution is 6.31. The number of nitrogens with zero attached hydrogens (tertiary/aromatic N) is 1. The van der Waals surface area contributed by atoms with E-state index in [0.717, 1.165) is 34.3 Å². The summed E-state index contributed by atoms with van der Waals surface area (Å²) in [6.07, 6.45) is 0. The van der Waals surface area contributed by atoms with Gasteiger partial charge in [0, 0.05) is 17.6 Å². The summed E-state index contributed by atoms with van der Waals surface area (Å²) in [5.41, 5.74) is 2.96. The van der Waals surface area contributed by atoms with E-state index in [-0.39, 0.29) is 0 Å². The number of halogens is 1. The molecule has 4 heteroatoms. The third kappa shape index (κ3) is 5.03. The zero-order chi connectivity index (χ0) is 15.2. The Morgan fingerprint density at radius 2 is 1.95 bits per heavy atom. The average Bonchev–Trinajstić information content (AvgIpc) is 2.47. The molecule has 1 heterocycles. The molecule has 0 bridgehead atoms. The topological polar surface area (TPSA) is 34.1 Å². The van der Waals surface area contributed by atoms with Crippen molar-refractivity contribution in [2.45, 2.75) is 40.0 Å². The molecule has 0 fully saturated rings. The fourth-order valence-electron chi connectivity index (χ4n) is 1.88. The third-order valence-corrected chi connectivity index (χ3v) is 3.50. The van der Waals surface area contributed by atoms with Crippen LogP contribution >= 0.6 is 11.6 Å². The summed E-state index contributed by atoms with van der Waals surface area (Å²) >= 11 is 6.00. The Morgan fingerprint density at radius 1 is 1.19 bits per heavy atom. The molecule has 3 nitrogen and oxygen atoms in total. The molecule has 0 aliphatic rings. The number of aromatic nitrogens is 1. The van der Waals surface area contributed by atoms with Gasteiger partial charge in [-0.05, 0) is 42.8 Å². The number of hydrogen-bond donors (Lipinski definition) is 1. The molecule has 0 saturated heterocycles. The molecular weight excluding hydrogens is 284 g/mol. The Balaban J connectivity index is 1.96. The van der Waals surface area contributed by atoms with Crippen LogP contribution in [0.2, 0.25) is 5.02 Å². The number of nitrogens with one attached hydrogen (secondary N) is 1. The summed E-state index contributed by atoms with van der Waals surface area (Å²) in [7, 11) is 0. The number of pyridine rings is 1. The fourth-order valence-corrected chi connectivity index (χ4v) is 2.00. The Kier molecular flexibility index (Phi) is 5.59. The number of ether oxygens (including phenoxy) is 1. The maximum Gasteiger partial charge on any atom is 0.130 e. The van der Waals surface area contributed by atoms with Crippen LogP contribution in [0, 0.1) is 6.92 Å². The van der Waals surface area contributed by atoms with Crippen molar-refractivity contribution in [2.75, 3.05) is 0 Å². The van der Waals surface area contributed by atoms with Gasteiger partial charge in [0.05, 0.1) is 11.4 Å². The molecule has 2 rings (SSSR count). The highest BCUT2D eigenvalue weighted by atomic mass is 35.5. The van der Waals surface area contributed by atoms with Crippen LogP contribution < -0.4 is 10.1 Å². The normalized spacial score (nSPS) is 10.9. The molecule has 1 N–H and O–H groups in total. The van der Waals surface area contributed by atoms with Crippen LogP contribution in [-0.4, -0.2) is 11.0 Å². The molecule has 0 amide bonds. The maximum atomic E-state index is 6.00. The number of hydrogen-bond acceptors (Lipinski definition) is 3. The smallest absolute Gasteiger partial charge is 0.130 e. The van der Waals surface area contributed by atoms with Crippen LogP contribution in [-0.2, 0) is 13.2 Å². The van der Waals surface area contributed by atoms with Crippen LogP contribution in [0.1, 0.15) is 30.8 Å². The van der Waals surface area contributed by atoms with Crippen LogP contribution in [0.3, 0.4) is 0 Å². The summed E-state index contributed by atoms with van der Waals surface area (Å²) in [6.45, 7) is 7.43.